The topological polar surface area (TPSA) is 12.0 Å². The summed E-state index contributed by atoms with van der Waals surface area (Å²) in [5.41, 5.74) is 2.81. The van der Waals surface area contributed by atoms with Crippen molar-refractivity contribution in [2.45, 2.75) is 25.1 Å². The Bertz CT molecular complexity index is 348. The maximum absolute atomic E-state index is 3.66. The van der Waals surface area contributed by atoms with Gasteiger partial charge in [-0.2, -0.15) is 23.5 Å². The van der Waals surface area contributed by atoms with Crippen molar-refractivity contribution in [1.82, 2.24) is 5.32 Å². The molecule has 0 aromatic heterocycles. The van der Waals surface area contributed by atoms with Gasteiger partial charge in [0.25, 0.3) is 0 Å². The molecule has 1 saturated heterocycles. The van der Waals surface area contributed by atoms with Crippen LogP contribution in [-0.2, 0) is 0 Å². The van der Waals surface area contributed by atoms with E-state index in [1.54, 1.807) is 0 Å². The van der Waals surface area contributed by atoms with Crippen LogP contribution in [0.1, 0.15) is 24.1 Å². The smallest absolute Gasteiger partial charge is 0.0448 e. The molecular formula is C14H21NS2. The Morgan fingerprint density at radius 3 is 2.94 bits per heavy atom. The summed E-state index contributed by atoms with van der Waals surface area (Å²) < 4.78 is 0. The second-order valence-corrected chi connectivity index (χ2v) is 6.93. The molecule has 3 heteroatoms. The molecule has 0 radical (unpaired) electrons. The zero-order chi connectivity index (χ0) is 12.1. The zero-order valence-corrected chi connectivity index (χ0v) is 12.2. The molecule has 2 rings (SSSR count). The molecule has 2 atom stereocenters. The molecule has 94 valence electrons. The predicted octanol–water partition coefficient (Wildman–Crippen LogP) is 3.49. The summed E-state index contributed by atoms with van der Waals surface area (Å²) in [6.07, 6.45) is 0. The number of rotatable bonds is 4. The average Bonchev–Trinajstić information content (AvgIpc) is 2.37. The molecule has 0 spiro atoms. The molecule has 0 saturated carbocycles. The third-order valence-corrected chi connectivity index (χ3v) is 5.90. The molecule has 1 fully saturated rings. The van der Waals surface area contributed by atoms with Gasteiger partial charge in [0, 0.05) is 28.6 Å². The van der Waals surface area contributed by atoms with E-state index in [1.807, 2.05) is 0 Å². The van der Waals surface area contributed by atoms with Crippen molar-refractivity contribution in [2.75, 3.05) is 23.8 Å². The van der Waals surface area contributed by atoms with Crippen molar-refractivity contribution >= 4 is 23.5 Å². The summed E-state index contributed by atoms with van der Waals surface area (Å²) in [6.45, 7) is 5.42. The standard InChI is InChI=1S/C14H21NS2/c1-3-15-14(13-10-16-7-8-17-13)12-6-4-5-11(2)9-12/h4-6,9,13-15H,3,7-8,10H2,1-2H3. The van der Waals surface area contributed by atoms with Crippen LogP contribution in [0.2, 0.25) is 0 Å². The lowest BCUT2D eigenvalue weighted by Gasteiger charge is -2.30. The largest absolute Gasteiger partial charge is 0.309 e. The van der Waals surface area contributed by atoms with Gasteiger partial charge in [0.05, 0.1) is 0 Å². The highest BCUT2D eigenvalue weighted by Gasteiger charge is 2.25. The fourth-order valence-electron chi connectivity index (χ4n) is 2.25. The van der Waals surface area contributed by atoms with Crippen LogP contribution < -0.4 is 5.32 Å². The summed E-state index contributed by atoms with van der Waals surface area (Å²) in [4.78, 5) is 0. The minimum atomic E-state index is 0.512. The van der Waals surface area contributed by atoms with Crippen molar-refractivity contribution in [3.05, 3.63) is 35.4 Å². The van der Waals surface area contributed by atoms with Gasteiger partial charge in [0.1, 0.15) is 0 Å². The third kappa shape index (κ3) is 3.67. The van der Waals surface area contributed by atoms with Crippen LogP contribution in [0.4, 0.5) is 0 Å². The Morgan fingerprint density at radius 1 is 1.41 bits per heavy atom. The number of aryl methyl sites for hydroxylation is 1. The summed E-state index contributed by atoms with van der Waals surface area (Å²) in [5, 5.41) is 4.38. The summed E-state index contributed by atoms with van der Waals surface area (Å²) in [6, 6.07) is 9.45. The zero-order valence-electron chi connectivity index (χ0n) is 10.6. The highest BCUT2D eigenvalue weighted by molar-refractivity contribution is 8.06. The Morgan fingerprint density at radius 2 is 2.29 bits per heavy atom. The number of thioether (sulfide) groups is 2. The Hall–Kier alpha value is -0.120. The van der Waals surface area contributed by atoms with E-state index >= 15 is 0 Å². The van der Waals surface area contributed by atoms with Gasteiger partial charge in [0.2, 0.25) is 0 Å². The maximum Gasteiger partial charge on any atom is 0.0448 e. The molecule has 1 nitrogen and oxygen atoms in total. The number of hydrogen-bond donors (Lipinski definition) is 1. The first-order chi connectivity index (χ1) is 8.31. The highest BCUT2D eigenvalue weighted by atomic mass is 32.2. The molecule has 1 heterocycles. The summed E-state index contributed by atoms with van der Waals surface area (Å²) in [7, 11) is 0. The minimum absolute atomic E-state index is 0.512. The van der Waals surface area contributed by atoms with E-state index in [4.69, 9.17) is 0 Å². The number of hydrogen-bond acceptors (Lipinski definition) is 3. The Kier molecular flexibility index (Phi) is 5.26. The van der Waals surface area contributed by atoms with Gasteiger partial charge in [-0.15, -0.1) is 0 Å². The third-order valence-electron chi connectivity index (χ3n) is 3.04. The predicted molar refractivity (Wildman–Crippen MR) is 81.2 cm³/mol. The fraction of sp³-hybridized carbons (Fsp3) is 0.571. The van der Waals surface area contributed by atoms with Crippen LogP contribution in [0.15, 0.2) is 24.3 Å². The van der Waals surface area contributed by atoms with Crippen LogP contribution in [0.3, 0.4) is 0 Å². The van der Waals surface area contributed by atoms with E-state index in [0.717, 1.165) is 11.8 Å². The van der Waals surface area contributed by atoms with Crippen LogP contribution in [0.5, 0.6) is 0 Å². The summed E-state index contributed by atoms with van der Waals surface area (Å²) in [5.74, 6) is 3.88. The van der Waals surface area contributed by atoms with Gasteiger partial charge >= 0.3 is 0 Å². The second kappa shape index (κ2) is 6.72. The molecule has 0 bridgehead atoms. The van der Waals surface area contributed by atoms with E-state index in [0.29, 0.717) is 6.04 Å². The van der Waals surface area contributed by atoms with Crippen LogP contribution in [0.25, 0.3) is 0 Å². The number of nitrogens with one attached hydrogen (secondary N) is 1. The Balaban J connectivity index is 2.15. The lowest BCUT2D eigenvalue weighted by molar-refractivity contribution is 0.550. The SMILES string of the molecule is CCNC(c1cccc(C)c1)C1CSCCS1. The maximum atomic E-state index is 3.66. The molecule has 1 aliphatic heterocycles. The van der Waals surface area contributed by atoms with Gasteiger partial charge < -0.3 is 5.32 Å². The van der Waals surface area contributed by atoms with Gasteiger partial charge in [-0.05, 0) is 19.0 Å². The van der Waals surface area contributed by atoms with Crippen LogP contribution >= 0.6 is 23.5 Å². The molecule has 1 N–H and O–H groups in total. The van der Waals surface area contributed by atoms with Gasteiger partial charge in [-0.3, -0.25) is 0 Å². The van der Waals surface area contributed by atoms with Crippen molar-refractivity contribution in [3.8, 4) is 0 Å². The monoisotopic (exact) mass is 267 g/mol. The number of benzene rings is 1. The fourth-order valence-corrected chi connectivity index (χ4v) is 5.12. The first-order valence-corrected chi connectivity index (χ1v) is 8.51. The molecule has 1 aromatic carbocycles. The van der Waals surface area contributed by atoms with E-state index in [1.165, 1.54) is 28.4 Å². The van der Waals surface area contributed by atoms with Crippen LogP contribution in [-0.4, -0.2) is 29.1 Å². The average molecular weight is 267 g/mol. The van der Waals surface area contributed by atoms with Crippen molar-refractivity contribution in [1.29, 1.82) is 0 Å². The van der Waals surface area contributed by atoms with Crippen molar-refractivity contribution in [3.63, 3.8) is 0 Å². The summed E-state index contributed by atoms with van der Waals surface area (Å²) >= 11 is 4.22. The normalized spacial score (nSPS) is 22.4. The Labute approximate surface area is 113 Å². The molecule has 1 aliphatic rings. The molecule has 0 amide bonds. The van der Waals surface area contributed by atoms with Crippen molar-refractivity contribution < 1.29 is 0 Å². The second-order valence-electron chi connectivity index (χ2n) is 4.43. The lowest BCUT2D eigenvalue weighted by Crippen LogP contribution is -2.33. The van der Waals surface area contributed by atoms with E-state index < -0.39 is 0 Å². The van der Waals surface area contributed by atoms with Gasteiger partial charge in [-0.1, -0.05) is 36.8 Å². The molecule has 0 aliphatic carbocycles. The van der Waals surface area contributed by atoms with E-state index in [2.05, 4.69) is 67.0 Å². The van der Waals surface area contributed by atoms with Gasteiger partial charge in [-0.25, -0.2) is 0 Å². The van der Waals surface area contributed by atoms with Gasteiger partial charge in [0.15, 0.2) is 0 Å². The highest BCUT2D eigenvalue weighted by Crippen LogP contribution is 2.33. The van der Waals surface area contributed by atoms with Crippen molar-refractivity contribution in [2.24, 2.45) is 0 Å². The van der Waals surface area contributed by atoms with E-state index in [-0.39, 0.29) is 0 Å². The lowest BCUT2D eigenvalue weighted by atomic mass is 10.0. The van der Waals surface area contributed by atoms with E-state index in [9.17, 15) is 0 Å². The first kappa shape index (κ1) is 13.3. The molecule has 17 heavy (non-hydrogen) atoms. The molecule has 1 aromatic rings. The first-order valence-electron chi connectivity index (χ1n) is 6.30. The van der Waals surface area contributed by atoms with Crippen LogP contribution in [0, 0.1) is 6.92 Å². The quantitative estimate of drug-likeness (QED) is 0.897. The minimum Gasteiger partial charge on any atom is -0.309 e. The molecule has 2 unspecified atom stereocenters. The molecular weight excluding hydrogens is 246 g/mol.